The number of rotatable bonds is 7. The van der Waals surface area contributed by atoms with Crippen molar-refractivity contribution in [1.29, 1.82) is 0 Å². The van der Waals surface area contributed by atoms with Crippen molar-refractivity contribution in [3.05, 3.63) is 58.4 Å². The Kier molecular flexibility index (Phi) is 5.97. The minimum atomic E-state index is -0.0784. The molecule has 27 heavy (non-hydrogen) atoms. The van der Waals surface area contributed by atoms with Gasteiger partial charge in [0, 0.05) is 23.3 Å². The number of hydrogen-bond acceptors (Lipinski definition) is 7. The smallest absolute Gasteiger partial charge is 0.229 e. The second-order valence-corrected chi connectivity index (χ2v) is 6.90. The van der Waals surface area contributed by atoms with Crippen molar-refractivity contribution >= 4 is 28.3 Å². The summed E-state index contributed by atoms with van der Waals surface area (Å²) in [5.74, 6) is 1.23. The number of aryl methyl sites for hydroxylation is 2. The summed E-state index contributed by atoms with van der Waals surface area (Å²) >= 11 is 1.42. The summed E-state index contributed by atoms with van der Waals surface area (Å²) in [7, 11) is 1.62. The molecule has 3 rings (SSSR count). The Balaban J connectivity index is 1.52. The van der Waals surface area contributed by atoms with E-state index >= 15 is 0 Å². The molecule has 0 aliphatic heterocycles. The molecule has 140 valence electrons. The molecule has 0 spiro atoms. The van der Waals surface area contributed by atoms with Crippen molar-refractivity contribution < 1.29 is 9.53 Å². The molecule has 0 aliphatic carbocycles. The van der Waals surface area contributed by atoms with E-state index in [1.54, 1.807) is 7.11 Å². The van der Waals surface area contributed by atoms with Crippen LogP contribution in [0.2, 0.25) is 0 Å². The quantitative estimate of drug-likeness (QED) is 0.651. The number of carbonyl (C=O) groups is 1. The van der Waals surface area contributed by atoms with Gasteiger partial charge in [0.2, 0.25) is 11.9 Å². The molecule has 0 unspecified atom stereocenters. The number of carbonyl (C=O) groups excluding carboxylic acids is 1. The first-order valence-corrected chi connectivity index (χ1v) is 9.33. The highest BCUT2D eigenvalue weighted by Crippen LogP contribution is 2.19. The van der Waals surface area contributed by atoms with Gasteiger partial charge in [-0.25, -0.2) is 15.0 Å². The van der Waals surface area contributed by atoms with Crippen molar-refractivity contribution in [2.24, 2.45) is 0 Å². The molecule has 0 fully saturated rings. The summed E-state index contributed by atoms with van der Waals surface area (Å²) < 4.78 is 5.12. The van der Waals surface area contributed by atoms with Crippen LogP contribution in [0.3, 0.4) is 0 Å². The van der Waals surface area contributed by atoms with Crippen LogP contribution in [0.15, 0.2) is 35.7 Å². The van der Waals surface area contributed by atoms with Crippen LogP contribution >= 0.6 is 11.3 Å². The molecule has 2 heterocycles. The summed E-state index contributed by atoms with van der Waals surface area (Å²) in [6.45, 7) is 4.30. The summed E-state index contributed by atoms with van der Waals surface area (Å²) in [6.07, 6.45) is 0.224. The van der Waals surface area contributed by atoms with Crippen LogP contribution in [-0.4, -0.2) is 28.0 Å². The van der Waals surface area contributed by atoms with Gasteiger partial charge in [0.15, 0.2) is 5.13 Å². The van der Waals surface area contributed by atoms with Crippen LogP contribution in [0.5, 0.6) is 5.75 Å². The molecule has 0 saturated carbocycles. The summed E-state index contributed by atoms with van der Waals surface area (Å²) in [5.41, 5.74) is 3.50. The lowest BCUT2D eigenvalue weighted by molar-refractivity contribution is -0.120. The normalized spacial score (nSPS) is 10.5. The van der Waals surface area contributed by atoms with Crippen LogP contribution in [-0.2, 0) is 17.8 Å². The van der Waals surface area contributed by atoms with Gasteiger partial charge in [-0.05, 0) is 37.6 Å². The lowest BCUT2D eigenvalue weighted by Crippen LogP contribution is -2.24. The second-order valence-electron chi connectivity index (χ2n) is 6.04. The fourth-order valence-corrected chi connectivity index (χ4v) is 3.20. The molecule has 0 radical (unpaired) electrons. The largest absolute Gasteiger partial charge is 0.497 e. The van der Waals surface area contributed by atoms with E-state index in [1.807, 2.05) is 49.6 Å². The van der Waals surface area contributed by atoms with Gasteiger partial charge < -0.3 is 15.4 Å². The number of aromatic nitrogens is 3. The Morgan fingerprint density at radius 2 is 1.81 bits per heavy atom. The number of thiazole rings is 1. The fourth-order valence-electron chi connectivity index (χ4n) is 2.49. The second kappa shape index (κ2) is 8.59. The van der Waals surface area contributed by atoms with Crippen LogP contribution in [0.1, 0.15) is 22.6 Å². The number of nitrogens with one attached hydrogen (secondary N) is 2. The Labute approximate surface area is 161 Å². The first kappa shape index (κ1) is 18.8. The zero-order chi connectivity index (χ0) is 19.2. The molecule has 0 saturated heterocycles. The molecule has 2 N–H and O–H groups in total. The predicted octanol–water partition coefficient (Wildman–Crippen LogP) is 3.16. The minimum absolute atomic E-state index is 0.0784. The van der Waals surface area contributed by atoms with E-state index in [0.717, 1.165) is 22.7 Å². The Morgan fingerprint density at radius 1 is 1.11 bits per heavy atom. The van der Waals surface area contributed by atoms with E-state index in [0.29, 0.717) is 23.3 Å². The highest BCUT2D eigenvalue weighted by molar-refractivity contribution is 7.13. The highest BCUT2D eigenvalue weighted by Gasteiger charge is 2.09. The van der Waals surface area contributed by atoms with E-state index in [4.69, 9.17) is 4.74 Å². The molecule has 0 atom stereocenters. The van der Waals surface area contributed by atoms with Crippen LogP contribution in [0, 0.1) is 13.8 Å². The standard InChI is InChI=1S/C19H21N5O2S/c1-12-8-13(2)22-18(21-12)24-19-23-15(11-27-19)9-17(25)20-10-14-4-6-16(26-3)7-5-14/h4-8,11H,9-10H2,1-3H3,(H,20,25)(H,21,22,23,24). The van der Waals surface area contributed by atoms with E-state index in [2.05, 4.69) is 25.6 Å². The van der Waals surface area contributed by atoms with Crippen molar-refractivity contribution in [1.82, 2.24) is 20.3 Å². The third kappa shape index (κ3) is 5.49. The lowest BCUT2D eigenvalue weighted by Gasteiger charge is -2.05. The van der Waals surface area contributed by atoms with Crippen LogP contribution in [0.25, 0.3) is 0 Å². The molecule has 0 bridgehead atoms. The van der Waals surface area contributed by atoms with Gasteiger partial charge in [0.1, 0.15) is 5.75 Å². The Bertz CT molecular complexity index is 904. The van der Waals surface area contributed by atoms with Crippen molar-refractivity contribution in [2.75, 3.05) is 12.4 Å². The van der Waals surface area contributed by atoms with E-state index in [1.165, 1.54) is 11.3 Å². The maximum Gasteiger partial charge on any atom is 0.229 e. The molecule has 7 nitrogen and oxygen atoms in total. The van der Waals surface area contributed by atoms with Crippen LogP contribution < -0.4 is 15.4 Å². The maximum atomic E-state index is 12.1. The maximum absolute atomic E-state index is 12.1. The number of hydrogen-bond donors (Lipinski definition) is 2. The summed E-state index contributed by atoms with van der Waals surface area (Å²) in [4.78, 5) is 25.2. The molecular formula is C19H21N5O2S. The predicted molar refractivity (Wildman–Crippen MR) is 105 cm³/mol. The highest BCUT2D eigenvalue weighted by atomic mass is 32.1. The topological polar surface area (TPSA) is 89.0 Å². The molecule has 1 amide bonds. The summed E-state index contributed by atoms with van der Waals surface area (Å²) in [6, 6.07) is 9.50. The average Bonchev–Trinajstić information content (AvgIpc) is 3.06. The van der Waals surface area contributed by atoms with Crippen molar-refractivity contribution in [2.45, 2.75) is 26.8 Å². The molecule has 2 aromatic heterocycles. The van der Waals surface area contributed by atoms with Crippen molar-refractivity contribution in [3.63, 3.8) is 0 Å². The Hall–Kier alpha value is -3.00. The molecular weight excluding hydrogens is 362 g/mol. The number of methoxy groups -OCH3 is 1. The van der Waals surface area contributed by atoms with Crippen LogP contribution in [0.4, 0.5) is 11.1 Å². The first-order chi connectivity index (χ1) is 13.0. The third-order valence-electron chi connectivity index (χ3n) is 3.74. The Morgan fingerprint density at radius 3 is 2.48 bits per heavy atom. The van der Waals surface area contributed by atoms with Gasteiger partial charge in [0.05, 0.1) is 19.2 Å². The van der Waals surface area contributed by atoms with Gasteiger partial charge in [-0.15, -0.1) is 11.3 Å². The van der Waals surface area contributed by atoms with Gasteiger partial charge >= 0.3 is 0 Å². The zero-order valence-electron chi connectivity index (χ0n) is 15.4. The first-order valence-electron chi connectivity index (χ1n) is 8.45. The SMILES string of the molecule is COc1ccc(CNC(=O)Cc2csc(Nc3nc(C)cc(C)n3)n2)cc1. The van der Waals surface area contributed by atoms with Gasteiger partial charge in [-0.2, -0.15) is 0 Å². The van der Waals surface area contributed by atoms with Crippen molar-refractivity contribution in [3.8, 4) is 5.75 Å². The number of benzene rings is 1. The summed E-state index contributed by atoms with van der Waals surface area (Å²) in [5, 5.41) is 8.51. The zero-order valence-corrected chi connectivity index (χ0v) is 16.3. The third-order valence-corrected chi connectivity index (χ3v) is 4.55. The number of nitrogens with zero attached hydrogens (tertiary/aromatic N) is 3. The van der Waals surface area contributed by atoms with E-state index < -0.39 is 0 Å². The van der Waals surface area contributed by atoms with E-state index in [-0.39, 0.29) is 12.3 Å². The molecule has 3 aromatic rings. The number of amides is 1. The minimum Gasteiger partial charge on any atom is -0.497 e. The number of anilines is 2. The number of ether oxygens (including phenoxy) is 1. The van der Waals surface area contributed by atoms with Gasteiger partial charge in [-0.3, -0.25) is 4.79 Å². The lowest BCUT2D eigenvalue weighted by atomic mass is 10.2. The molecule has 0 aliphatic rings. The molecule has 8 heteroatoms. The molecule has 1 aromatic carbocycles. The van der Waals surface area contributed by atoms with Gasteiger partial charge in [0.25, 0.3) is 0 Å². The van der Waals surface area contributed by atoms with E-state index in [9.17, 15) is 4.79 Å². The fraction of sp³-hybridized carbons (Fsp3) is 0.263. The monoisotopic (exact) mass is 383 g/mol. The average molecular weight is 383 g/mol. The van der Waals surface area contributed by atoms with Gasteiger partial charge in [-0.1, -0.05) is 12.1 Å².